The summed E-state index contributed by atoms with van der Waals surface area (Å²) in [4.78, 5) is 25.2. The highest BCUT2D eigenvalue weighted by atomic mass is 19.1. The van der Waals surface area contributed by atoms with E-state index in [-0.39, 0.29) is 30.9 Å². The molecule has 6 heteroatoms. The average molecular weight is 336 g/mol. The van der Waals surface area contributed by atoms with Crippen molar-refractivity contribution in [3.05, 3.63) is 35.6 Å². The molecule has 2 rings (SSSR count). The van der Waals surface area contributed by atoms with Crippen LogP contribution in [0, 0.1) is 17.7 Å². The first-order chi connectivity index (χ1) is 11.2. The van der Waals surface area contributed by atoms with E-state index in [0.717, 1.165) is 0 Å². The van der Waals surface area contributed by atoms with Crippen molar-refractivity contribution in [2.45, 2.75) is 32.6 Å². The Labute approximate surface area is 141 Å². The van der Waals surface area contributed by atoms with E-state index in [9.17, 15) is 19.1 Å². The lowest BCUT2D eigenvalue weighted by atomic mass is 9.84. The van der Waals surface area contributed by atoms with Gasteiger partial charge >= 0.3 is 12.0 Å². The quantitative estimate of drug-likeness (QED) is 0.888. The van der Waals surface area contributed by atoms with Gasteiger partial charge in [-0.2, -0.15) is 0 Å². The summed E-state index contributed by atoms with van der Waals surface area (Å²) in [6.07, 6.45) is 0.583. The lowest BCUT2D eigenvalue weighted by molar-refractivity contribution is -0.143. The third-order valence-electron chi connectivity index (χ3n) is 4.58. The highest BCUT2D eigenvalue weighted by Crippen LogP contribution is 2.25. The highest BCUT2D eigenvalue weighted by Gasteiger charge is 2.33. The van der Waals surface area contributed by atoms with Crippen molar-refractivity contribution < 1.29 is 19.1 Å². The fraction of sp³-hybridized carbons (Fsp3) is 0.556. The van der Waals surface area contributed by atoms with Gasteiger partial charge in [0.15, 0.2) is 0 Å². The fourth-order valence-corrected chi connectivity index (χ4v) is 3.21. The molecule has 0 spiro atoms. The summed E-state index contributed by atoms with van der Waals surface area (Å²) in [6.45, 7) is 6.70. The minimum Gasteiger partial charge on any atom is -0.481 e. The summed E-state index contributed by atoms with van der Waals surface area (Å²) >= 11 is 0. The van der Waals surface area contributed by atoms with Crippen LogP contribution < -0.4 is 5.32 Å². The van der Waals surface area contributed by atoms with E-state index in [2.05, 4.69) is 5.32 Å². The van der Waals surface area contributed by atoms with Crippen molar-refractivity contribution >= 4 is 12.0 Å². The third-order valence-corrected chi connectivity index (χ3v) is 4.58. The molecule has 1 aromatic rings. The zero-order chi connectivity index (χ0) is 17.9. The van der Waals surface area contributed by atoms with Gasteiger partial charge in [0.05, 0.1) is 5.92 Å². The Morgan fingerprint density at radius 2 is 2.00 bits per heavy atom. The number of urea groups is 1. The maximum atomic E-state index is 14.0. The minimum atomic E-state index is -0.869. The summed E-state index contributed by atoms with van der Waals surface area (Å²) in [5, 5.41) is 12.0. The molecule has 132 valence electrons. The summed E-state index contributed by atoms with van der Waals surface area (Å²) in [7, 11) is 0. The van der Waals surface area contributed by atoms with Gasteiger partial charge in [-0.25, -0.2) is 9.18 Å². The molecule has 2 unspecified atom stereocenters. The number of carbonyl (C=O) groups excluding carboxylic acids is 1. The third kappa shape index (κ3) is 4.24. The van der Waals surface area contributed by atoms with Crippen molar-refractivity contribution in [1.82, 2.24) is 10.2 Å². The van der Waals surface area contributed by atoms with E-state index in [4.69, 9.17) is 0 Å². The van der Waals surface area contributed by atoms with Gasteiger partial charge in [-0.15, -0.1) is 0 Å². The van der Waals surface area contributed by atoms with Gasteiger partial charge in [0.1, 0.15) is 5.82 Å². The van der Waals surface area contributed by atoms with Gasteiger partial charge in [0.25, 0.3) is 0 Å². The second-order valence-electron chi connectivity index (χ2n) is 7.30. The standard InChI is InChI=1S/C18H25FN2O3/c1-12-8-13(16(22)23)10-21(9-12)17(24)20-11-18(2,3)14-6-4-5-7-15(14)19/h4-7,12-13H,8-11H2,1-3H3,(H,20,24)(H,22,23). The first-order valence-corrected chi connectivity index (χ1v) is 8.21. The molecule has 0 aromatic heterocycles. The molecule has 2 N–H and O–H groups in total. The molecule has 1 heterocycles. The van der Waals surface area contributed by atoms with E-state index in [0.29, 0.717) is 18.5 Å². The molecule has 24 heavy (non-hydrogen) atoms. The van der Waals surface area contributed by atoms with E-state index in [1.807, 2.05) is 20.8 Å². The van der Waals surface area contributed by atoms with Gasteiger partial charge < -0.3 is 15.3 Å². The number of rotatable bonds is 4. The largest absolute Gasteiger partial charge is 0.481 e. The van der Waals surface area contributed by atoms with E-state index in [1.54, 1.807) is 23.1 Å². The molecule has 0 bridgehead atoms. The number of hydrogen-bond acceptors (Lipinski definition) is 2. The van der Waals surface area contributed by atoms with Crippen LogP contribution in [-0.4, -0.2) is 41.6 Å². The molecule has 1 aliphatic heterocycles. The number of nitrogens with one attached hydrogen (secondary N) is 1. The maximum Gasteiger partial charge on any atom is 0.317 e. The minimum absolute atomic E-state index is 0.144. The molecular formula is C18H25FN2O3. The van der Waals surface area contributed by atoms with Crippen molar-refractivity contribution in [2.24, 2.45) is 11.8 Å². The van der Waals surface area contributed by atoms with Crippen molar-refractivity contribution in [1.29, 1.82) is 0 Å². The number of halogens is 1. The van der Waals surface area contributed by atoms with Crippen LogP contribution in [0.4, 0.5) is 9.18 Å². The monoisotopic (exact) mass is 336 g/mol. The number of nitrogens with zero attached hydrogens (tertiary/aromatic N) is 1. The van der Waals surface area contributed by atoms with E-state index < -0.39 is 17.3 Å². The van der Waals surface area contributed by atoms with Crippen LogP contribution in [0.3, 0.4) is 0 Å². The number of carboxylic acid groups (broad SMARTS) is 1. The van der Waals surface area contributed by atoms with Gasteiger partial charge in [-0.3, -0.25) is 4.79 Å². The molecule has 2 atom stereocenters. The smallest absolute Gasteiger partial charge is 0.317 e. The first-order valence-electron chi connectivity index (χ1n) is 8.21. The molecule has 1 aliphatic rings. The summed E-state index contributed by atoms with van der Waals surface area (Å²) in [5.41, 5.74) is -0.0186. The van der Waals surface area contributed by atoms with Gasteiger partial charge in [-0.1, -0.05) is 39.0 Å². The van der Waals surface area contributed by atoms with Gasteiger partial charge in [0.2, 0.25) is 0 Å². The van der Waals surface area contributed by atoms with Gasteiger partial charge in [0, 0.05) is 25.0 Å². The zero-order valence-electron chi connectivity index (χ0n) is 14.4. The predicted molar refractivity (Wildman–Crippen MR) is 89.3 cm³/mol. The number of piperidine rings is 1. The molecule has 0 radical (unpaired) electrons. The normalized spacial score (nSPS) is 21.4. The lowest BCUT2D eigenvalue weighted by Gasteiger charge is -2.35. The molecule has 0 saturated carbocycles. The van der Waals surface area contributed by atoms with Crippen molar-refractivity contribution in [2.75, 3.05) is 19.6 Å². The van der Waals surface area contributed by atoms with E-state index in [1.165, 1.54) is 6.07 Å². The first kappa shape index (κ1) is 18.2. The number of likely N-dealkylation sites (tertiary alicyclic amines) is 1. The Bertz CT molecular complexity index is 618. The van der Waals surface area contributed by atoms with Crippen LogP contribution in [0.25, 0.3) is 0 Å². The second-order valence-corrected chi connectivity index (χ2v) is 7.30. The molecule has 1 aromatic carbocycles. The summed E-state index contributed by atoms with van der Waals surface area (Å²) in [5.74, 6) is -1.55. The Balaban J connectivity index is 1.99. The predicted octanol–water partition coefficient (Wildman–Crippen LogP) is 2.86. The number of benzene rings is 1. The highest BCUT2D eigenvalue weighted by molar-refractivity contribution is 5.76. The Kier molecular flexibility index (Phi) is 5.47. The molecule has 2 amide bonds. The second kappa shape index (κ2) is 7.20. The lowest BCUT2D eigenvalue weighted by Crippen LogP contribution is -2.51. The number of carboxylic acids is 1. The molecule has 1 saturated heterocycles. The van der Waals surface area contributed by atoms with Crippen molar-refractivity contribution in [3.63, 3.8) is 0 Å². The van der Waals surface area contributed by atoms with Crippen LogP contribution in [0.5, 0.6) is 0 Å². The maximum absolute atomic E-state index is 14.0. The molecule has 5 nitrogen and oxygen atoms in total. The van der Waals surface area contributed by atoms with E-state index >= 15 is 0 Å². The average Bonchev–Trinajstić information content (AvgIpc) is 2.52. The van der Waals surface area contributed by atoms with Crippen molar-refractivity contribution in [3.8, 4) is 0 Å². The molecule has 0 aliphatic carbocycles. The Morgan fingerprint density at radius 1 is 1.33 bits per heavy atom. The SMILES string of the molecule is CC1CC(C(=O)O)CN(C(=O)NCC(C)(C)c2ccccc2F)C1. The topological polar surface area (TPSA) is 69.6 Å². The van der Waals surface area contributed by atoms with Gasteiger partial charge in [-0.05, 0) is 24.0 Å². The number of hydrogen-bond donors (Lipinski definition) is 2. The summed E-state index contributed by atoms with van der Waals surface area (Å²) < 4.78 is 14.0. The van der Waals surface area contributed by atoms with Crippen LogP contribution in [-0.2, 0) is 10.2 Å². The van der Waals surface area contributed by atoms with Crippen LogP contribution >= 0.6 is 0 Å². The molecular weight excluding hydrogens is 311 g/mol. The zero-order valence-corrected chi connectivity index (χ0v) is 14.4. The molecule has 1 fully saturated rings. The number of carbonyl (C=O) groups is 2. The Morgan fingerprint density at radius 3 is 2.62 bits per heavy atom. The van der Waals surface area contributed by atoms with Crippen LogP contribution in [0.2, 0.25) is 0 Å². The van der Waals surface area contributed by atoms with Crippen LogP contribution in [0.1, 0.15) is 32.8 Å². The number of amides is 2. The van der Waals surface area contributed by atoms with Crippen LogP contribution in [0.15, 0.2) is 24.3 Å². The Hall–Kier alpha value is -2.11. The fourth-order valence-electron chi connectivity index (χ4n) is 3.21. The summed E-state index contributed by atoms with van der Waals surface area (Å²) in [6, 6.07) is 6.23. The number of aliphatic carboxylic acids is 1.